The Labute approximate surface area is 570 Å². The molecule has 0 saturated carbocycles. The second-order valence-electron chi connectivity index (χ2n) is 29.9. The molecule has 8 nitrogen and oxygen atoms in total. The lowest BCUT2D eigenvalue weighted by molar-refractivity contribution is -0.870. The van der Waals surface area contributed by atoms with Crippen LogP contribution in [0.2, 0.25) is 0 Å². The fourth-order valence-electron chi connectivity index (χ4n) is 13.1. The lowest BCUT2D eigenvalue weighted by atomic mass is 10.0. The van der Waals surface area contributed by atoms with Gasteiger partial charge in [0, 0.05) is 6.42 Å². The number of hydrogen-bond acceptors (Lipinski definition) is 5. The Hall–Kier alpha value is -1.02. The number of aliphatic hydroxyl groups is 1. The van der Waals surface area contributed by atoms with E-state index in [1.807, 2.05) is 21.1 Å². The van der Waals surface area contributed by atoms with Crippen molar-refractivity contribution in [2.45, 2.75) is 456 Å². The minimum absolute atomic E-state index is 0.0784. The fourth-order valence-corrected chi connectivity index (χ4v) is 13.8. The van der Waals surface area contributed by atoms with E-state index in [1.165, 1.54) is 372 Å². The van der Waals surface area contributed by atoms with Crippen molar-refractivity contribution in [3.63, 3.8) is 0 Å². The Kier molecular flexibility index (Phi) is 72.4. The molecule has 0 fully saturated rings. The summed E-state index contributed by atoms with van der Waals surface area (Å²) in [6.45, 7) is 4.95. The number of hydrogen-bond donors (Lipinski definition) is 3. The third kappa shape index (κ3) is 76.2. The average Bonchev–Trinajstić information content (AvgIpc) is 3.58. The summed E-state index contributed by atoms with van der Waals surface area (Å²) in [7, 11) is 1.64. The van der Waals surface area contributed by atoms with Crippen LogP contribution >= 0.6 is 7.82 Å². The van der Waals surface area contributed by atoms with Gasteiger partial charge in [0.25, 0.3) is 0 Å². The van der Waals surface area contributed by atoms with E-state index in [0.29, 0.717) is 23.9 Å². The second kappa shape index (κ2) is 73.2. The largest absolute Gasteiger partial charge is 0.472 e. The first-order valence-electron chi connectivity index (χ1n) is 41.2. The van der Waals surface area contributed by atoms with Crippen molar-refractivity contribution in [1.29, 1.82) is 0 Å². The number of nitrogens with one attached hydrogen (secondary N) is 1. The summed E-state index contributed by atoms with van der Waals surface area (Å²) in [5.41, 5.74) is 0. The molecule has 0 aromatic heterocycles. The molecular formula is C82H164N2O6P+. The highest BCUT2D eigenvalue weighted by atomic mass is 31.2. The number of amides is 1. The number of carbonyl (C=O) groups is 1. The average molecular weight is 1310 g/mol. The van der Waals surface area contributed by atoms with Gasteiger partial charge in [-0.2, -0.15) is 0 Å². The van der Waals surface area contributed by atoms with Crippen molar-refractivity contribution in [3.8, 4) is 0 Å². The number of carbonyl (C=O) groups excluding carboxylic acids is 1. The Morgan fingerprint density at radius 3 is 0.901 bits per heavy atom. The van der Waals surface area contributed by atoms with Gasteiger partial charge in [-0.3, -0.25) is 13.8 Å². The van der Waals surface area contributed by atoms with Gasteiger partial charge in [-0.1, -0.05) is 417 Å². The minimum Gasteiger partial charge on any atom is -0.391 e. The maximum atomic E-state index is 13.1. The molecular weight excluding hydrogens is 1140 g/mol. The zero-order chi connectivity index (χ0) is 66.2. The van der Waals surface area contributed by atoms with Crippen LogP contribution < -0.4 is 5.32 Å². The molecule has 9 heteroatoms. The Balaban J connectivity index is 3.88. The number of rotatable bonds is 78. The second-order valence-corrected chi connectivity index (χ2v) is 31.3. The summed E-state index contributed by atoms with van der Waals surface area (Å²) in [4.78, 5) is 23.5. The Morgan fingerprint density at radius 2 is 0.626 bits per heavy atom. The zero-order valence-corrected chi connectivity index (χ0v) is 63.3. The summed E-state index contributed by atoms with van der Waals surface area (Å²) >= 11 is 0. The van der Waals surface area contributed by atoms with Gasteiger partial charge < -0.3 is 19.8 Å². The lowest BCUT2D eigenvalue weighted by Gasteiger charge is -2.26. The van der Waals surface area contributed by atoms with E-state index in [9.17, 15) is 19.4 Å². The molecule has 0 aromatic carbocycles. The van der Waals surface area contributed by atoms with Crippen LogP contribution in [0.1, 0.15) is 444 Å². The zero-order valence-electron chi connectivity index (χ0n) is 62.4. The van der Waals surface area contributed by atoms with Crippen LogP contribution in [0.3, 0.4) is 0 Å². The van der Waals surface area contributed by atoms with E-state index < -0.39 is 20.0 Å². The highest BCUT2D eigenvalue weighted by Crippen LogP contribution is 2.43. The van der Waals surface area contributed by atoms with Gasteiger partial charge in [0.15, 0.2) is 0 Å². The number of aliphatic hydroxyl groups excluding tert-OH is 1. The Morgan fingerprint density at radius 1 is 0.374 bits per heavy atom. The van der Waals surface area contributed by atoms with Crippen molar-refractivity contribution >= 4 is 13.7 Å². The van der Waals surface area contributed by atoms with Crippen LogP contribution in [0.15, 0.2) is 24.3 Å². The van der Waals surface area contributed by atoms with E-state index in [4.69, 9.17) is 9.05 Å². The summed E-state index contributed by atoms with van der Waals surface area (Å²) in [6.07, 6.45) is 97.7. The highest BCUT2D eigenvalue weighted by molar-refractivity contribution is 7.47. The topological polar surface area (TPSA) is 105 Å². The molecule has 0 spiro atoms. The first-order chi connectivity index (χ1) is 44.5. The molecule has 0 saturated heterocycles. The van der Waals surface area contributed by atoms with Gasteiger partial charge >= 0.3 is 7.82 Å². The maximum Gasteiger partial charge on any atom is 0.472 e. The van der Waals surface area contributed by atoms with Crippen molar-refractivity contribution < 1.29 is 32.9 Å². The van der Waals surface area contributed by atoms with Gasteiger partial charge in [-0.05, 0) is 44.9 Å². The standard InChI is InChI=1S/C82H163N2O6P/c1-6-8-10-12-14-16-18-20-22-24-26-28-30-32-34-36-38-39-40-41-42-43-44-45-46-48-50-52-54-56-58-60-62-64-66-68-70-72-74-76-82(86)83-80(79-90-91(87,88)89-78-77-84(3,4)5)81(85)75-73-71-69-67-65-63-61-59-57-55-53-51-49-47-37-35-33-31-29-27-25-23-21-19-17-15-13-11-9-7-2/h18,20,24,26,80-81,85H,6-17,19,21-23,25,27-79H2,1-5H3,(H-,83,86,87,88)/p+1/b20-18-,26-24-. The quantitative estimate of drug-likeness (QED) is 0.0243. The third-order valence-corrected chi connectivity index (χ3v) is 20.4. The van der Waals surface area contributed by atoms with E-state index in [-0.39, 0.29) is 19.1 Å². The van der Waals surface area contributed by atoms with Gasteiger partial charge in [-0.15, -0.1) is 0 Å². The predicted molar refractivity (Wildman–Crippen MR) is 402 cm³/mol. The number of likely N-dealkylation sites (N-methyl/N-ethyl adjacent to an activating group) is 1. The molecule has 542 valence electrons. The maximum absolute atomic E-state index is 13.1. The smallest absolute Gasteiger partial charge is 0.391 e. The molecule has 1 amide bonds. The highest BCUT2D eigenvalue weighted by Gasteiger charge is 2.28. The predicted octanol–water partition coefficient (Wildman–Crippen LogP) is 27.0. The molecule has 0 aliphatic heterocycles. The summed E-state index contributed by atoms with van der Waals surface area (Å²) < 4.78 is 24.0. The molecule has 0 heterocycles. The Bertz CT molecular complexity index is 1530. The fraction of sp³-hybridized carbons (Fsp3) is 0.939. The number of unbranched alkanes of at least 4 members (excludes halogenated alkanes) is 61. The van der Waals surface area contributed by atoms with E-state index in [1.54, 1.807) is 0 Å². The molecule has 0 aliphatic rings. The van der Waals surface area contributed by atoms with Gasteiger partial charge in [0.2, 0.25) is 5.91 Å². The molecule has 0 radical (unpaired) electrons. The molecule has 0 aromatic rings. The van der Waals surface area contributed by atoms with Crippen LogP contribution in [-0.2, 0) is 18.4 Å². The summed E-state index contributed by atoms with van der Waals surface area (Å²) in [6, 6.07) is -0.760. The van der Waals surface area contributed by atoms with Crippen LogP contribution in [0.25, 0.3) is 0 Å². The van der Waals surface area contributed by atoms with E-state index in [0.717, 1.165) is 44.9 Å². The molecule has 3 unspecified atom stereocenters. The molecule has 0 aliphatic carbocycles. The molecule has 3 N–H and O–H groups in total. The van der Waals surface area contributed by atoms with Gasteiger partial charge in [0.1, 0.15) is 13.2 Å². The van der Waals surface area contributed by atoms with Crippen molar-refractivity contribution in [2.75, 3.05) is 40.9 Å². The number of phosphoric acid groups is 1. The minimum atomic E-state index is -4.33. The molecule has 91 heavy (non-hydrogen) atoms. The monoisotopic (exact) mass is 1300 g/mol. The van der Waals surface area contributed by atoms with Gasteiger partial charge in [0.05, 0.1) is 39.9 Å². The van der Waals surface area contributed by atoms with Gasteiger partial charge in [-0.25, -0.2) is 4.57 Å². The first-order valence-corrected chi connectivity index (χ1v) is 42.7. The van der Waals surface area contributed by atoms with Crippen LogP contribution in [0.4, 0.5) is 0 Å². The van der Waals surface area contributed by atoms with Crippen molar-refractivity contribution in [3.05, 3.63) is 24.3 Å². The lowest BCUT2D eigenvalue weighted by Crippen LogP contribution is -2.46. The normalized spacial score (nSPS) is 13.5. The van der Waals surface area contributed by atoms with E-state index >= 15 is 0 Å². The third-order valence-electron chi connectivity index (χ3n) is 19.5. The molecule has 3 atom stereocenters. The van der Waals surface area contributed by atoms with Crippen molar-refractivity contribution in [1.82, 2.24) is 5.32 Å². The SMILES string of the molecule is CCCCCCC/C=C\C/C=C\CCCCCCCCCCCCCCCCCCCCCCCCCCCCCC(=O)NC(COP(=O)(O)OCC[N+](C)(C)C)C(O)CCCCCCCCCCCCCCCCCCCCCCCCCCCCCCCC. The van der Waals surface area contributed by atoms with Crippen molar-refractivity contribution in [2.24, 2.45) is 0 Å². The number of nitrogens with zero attached hydrogens (tertiary/aromatic N) is 1. The number of phosphoric ester groups is 1. The summed E-state index contributed by atoms with van der Waals surface area (Å²) in [5.74, 6) is -0.133. The van der Waals surface area contributed by atoms with Crippen LogP contribution in [0, 0.1) is 0 Å². The summed E-state index contributed by atoms with van der Waals surface area (Å²) in [5, 5.41) is 14.2. The van der Waals surface area contributed by atoms with E-state index in [2.05, 4.69) is 43.5 Å². The number of quaternary nitrogens is 1. The molecule has 0 rings (SSSR count). The van der Waals surface area contributed by atoms with Crippen LogP contribution in [0.5, 0.6) is 0 Å². The number of allylic oxidation sites excluding steroid dienone is 4. The first kappa shape index (κ1) is 90.0. The van der Waals surface area contributed by atoms with Crippen LogP contribution in [-0.4, -0.2) is 73.4 Å². The molecule has 0 bridgehead atoms.